The van der Waals surface area contributed by atoms with Crippen molar-refractivity contribution in [3.8, 4) is 5.88 Å². The van der Waals surface area contributed by atoms with E-state index in [2.05, 4.69) is 4.98 Å². The van der Waals surface area contributed by atoms with Crippen LogP contribution in [0.2, 0.25) is 0 Å². The third-order valence-electron chi connectivity index (χ3n) is 2.37. The molecule has 5 heteroatoms. The Morgan fingerprint density at radius 2 is 2.13 bits per heavy atom. The monoisotopic (exact) mass is 227 g/mol. The molecule has 0 aliphatic heterocycles. The summed E-state index contributed by atoms with van der Waals surface area (Å²) in [6.07, 6.45) is 1.32. The first-order valence-electron chi connectivity index (χ1n) is 4.82. The van der Waals surface area contributed by atoms with Crippen LogP contribution in [0.4, 0.5) is 0 Å². The molecule has 0 aliphatic carbocycles. The molecule has 0 saturated heterocycles. The molecule has 0 amide bonds. The predicted octanol–water partition coefficient (Wildman–Crippen LogP) is 1.83. The van der Waals surface area contributed by atoms with Gasteiger partial charge in [0.2, 0.25) is 10.6 Å². The van der Waals surface area contributed by atoms with Crippen molar-refractivity contribution in [3.63, 3.8) is 0 Å². The van der Waals surface area contributed by atoms with Crippen LogP contribution in [-0.2, 0) is 0 Å². The van der Waals surface area contributed by atoms with Crippen molar-refractivity contribution in [1.29, 1.82) is 0 Å². The molecule has 1 aromatic rings. The second kappa shape index (κ2) is 5.02. The van der Waals surface area contributed by atoms with Crippen LogP contribution in [0.1, 0.15) is 37.0 Å². The van der Waals surface area contributed by atoms with E-state index in [1.165, 1.54) is 5.51 Å². The minimum atomic E-state index is -0.448. The van der Waals surface area contributed by atoms with Crippen LogP contribution in [0.3, 0.4) is 0 Å². The second-order valence-electron chi connectivity index (χ2n) is 3.22. The minimum absolute atomic E-state index is 0.156. The minimum Gasteiger partial charge on any atom is -0.493 e. The van der Waals surface area contributed by atoms with Gasteiger partial charge < -0.3 is 5.11 Å². The first-order chi connectivity index (χ1) is 7.11. The Morgan fingerprint density at radius 1 is 1.53 bits per heavy atom. The summed E-state index contributed by atoms with van der Waals surface area (Å²) in [5.41, 5.74) is 1.08. The molecule has 82 valence electrons. The van der Waals surface area contributed by atoms with E-state index in [0.717, 1.165) is 11.3 Å². The molecule has 0 aliphatic rings. The van der Waals surface area contributed by atoms with E-state index in [4.69, 9.17) is 0 Å². The second-order valence-corrected chi connectivity index (χ2v) is 4.03. The summed E-state index contributed by atoms with van der Waals surface area (Å²) in [6.45, 7) is 3.76. The highest BCUT2D eigenvalue weighted by Crippen LogP contribution is 2.18. The van der Waals surface area contributed by atoms with Crippen LogP contribution < -0.4 is 4.74 Å². The highest BCUT2D eigenvalue weighted by molar-refractivity contribution is 7.07. The maximum Gasteiger partial charge on any atom is 0.250 e. The summed E-state index contributed by atoms with van der Waals surface area (Å²) >= 11 is 0.827. The van der Waals surface area contributed by atoms with Gasteiger partial charge >= 0.3 is 0 Å². The van der Waals surface area contributed by atoms with Crippen molar-refractivity contribution in [3.05, 3.63) is 20.6 Å². The van der Waals surface area contributed by atoms with Gasteiger partial charge in [0.25, 0.3) is 0 Å². The molecule has 0 unspecified atom stereocenters. The molecule has 15 heavy (non-hydrogen) atoms. The fraction of sp³-hybridized carbons (Fsp3) is 0.500. The summed E-state index contributed by atoms with van der Waals surface area (Å²) in [4.78, 5) is 26.8. The summed E-state index contributed by atoms with van der Waals surface area (Å²) in [5.74, 6) is -0.956. The molecule has 0 spiro atoms. The smallest absolute Gasteiger partial charge is 0.250 e. The fourth-order valence-corrected chi connectivity index (χ4v) is 1.97. The zero-order chi connectivity index (χ0) is 11.4. The Morgan fingerprint density at radius 3 is 2.60 bits per heavy atom. The number of Topliss-reactive ketones (excluding diaryl/α,β-unsaturated/α-hetero) is 1. The number of rotatable bonds is 4. The van der Waals surface area contributed by atoms with Gasteiger partial charge in [0, 0.05) is 5.92 Å². The standard InChI is InChI=1S/C10H13NO3S/c1-3-6(4-2)8(12)7-9(13)11-5-15-10(7)14/h5-6,13H,3-4H2,1-2H3. The van der Waals surface area contributed by atoms with Crippen LogP contribution in [0.5, 0.6) is 5.88 Å². The van der Waals surface area contributed by atoms with Crippen LogP contribution in [0.15, 0.2) is 10.3 Å². The molecule has 0 bridgehead atoms. The van der Waals surface area contributed by atoms with E-state index in [9.17, 15) is 14.7 Å². The molecule has 0 aromatic carbocycles. The third kappa shape index (κ3) is 2.41. The Kier molecular flexibility index (Phi) is 3.96. The summed E-state index contributed by atoms with van der Waals surface area (Å²) in [7, 11) is 0. The van der Waals surface area contributed by atoms with E-state index in [-0.39, 0.29) is 17.3 Å². The third-order valence-corrected chi connectivity index (χ3v) is 2.99. The molecule has 1 rings (SSSR count). The molecule has 0 radical (unpaired) electrons. The van der Waals surface area contributed by atoms with Gasteiger partial charge in [0.15, 0.2) is 5.78 Å². The van der Waals surface area contributed by atoms with Gasteiger partial charge in [-0.15, -0.1) is 0 Å². The van der Waals surface area contributed by atoms with E-state index < -0.39 is 10.6 Å². The van der Waals surface area contributed by atoms with E-state index in [0.29, 0.717) is 12.8 Å². The first kappa shape index (κ1) is 11.8. The quantitative estimate of drug-likeness (QED) is 0.797. The lowest BCUT2D eigenvalue weighted by Crippen LogP contribution is -2.20. The molecule has 1 heterocycles. The average molecular weight is 227 g/mol. The Balaban J connectivity index is 3.16. The zero-order valence-corrected chi connectivity index (χ0v) is 9.50. The molecule has 1 N–H and O–H groups in total. The SMILES string of the molecule is CCC(CC)C(=O)c1c(O)ncsc1=O. The maximum atomic E-state index is 11.9. The van der Waals surface area contributed by atoms with E-state index >= 15 is 0 Å². The number of hydrogen-bond acceptors (Lipinski definition) is 5. The van der Waals surface area contributed by atoms with Crippen molar-refractivity contribution in [2.24, 2.45) is 5.92 Å². The van der Waals surface area contributed by atoms with Crippen LogP contribution in [0.25, 0.3) is 0 Å². The van der Waals surface area contributed by atoms with Crippen molar-refractivity contribution in [2.75, 3.05) is 0 Å². The van der Waals surface area contributed by atoms with Crippen molar-refractivity contribution in [1.82, 2.24) is 4.98 Å². The van der Waals surface area contributed by atoms with Gasteiger partial charge in [-0.2, -0.15) is 0 Å². The molecule has 4 nitrogen and oxygen atoms in total. The van der Waals surface area contributed by atoms with Gasteiger partial charge in [-0.3, -0.25) is 9.59 Å². The topological polar surface area (TPSA) is 67.3 Å². The van der Waals surface area contributed by atoms with Crippen molar-refractivity contribution >= 4 is 17.1 Å². The number of aromatic hydroxyl groups is 1. The van der Waals surface area contributed by atoms with Crippen LogP contribution >= 0.6 is 11.3 Å². The average Bonchev–Trinajstić information content (AvgIpc) is 2.19. The summed E-state index contributed by atoms with van der Waals surface area (Å²) in [5, 5.41) is 9.38. The van der Waals surface area contributed by atoms with E-state index in [1.54, 1.807) is 0 Å². The Hall–Kier alpha value is -1.23. The fourth-order valence-electron chi connectivity index (χ4n) is 1.41. The van der Waals surface area contributed by atoms with Crippen molar-refractivity contribution < 1.29 is 9.90 Å². The molecular formula is C10H13NO3S. The highest BCUT2D eigenvalue weighted by atomic mass is 32.1. The van der Waals surface area contributed by atoms with Gasteiger partial charge in [-0.1, -0.05) is 25.2 Å². The molecule has 1 aromatic heterocycles. The number of ketones is 1. The van der Waals surface area contributed by atoms with E-state index in [1.807, 2.05) is 13.8 Å². The Labute approximate surface area is 91.6 Å². The van der Waals surface area contributed by atoms with Gasteiger partial charge in [0.1, 0.15) is 5.56 Å². The first-order valence-corrected chi connectivity index (χ1v) is 5.70. The number of carbonyl (C=O) groups excluding carboxylic acids is 1. The van der Waals surface area contributed by atoms with Crippen LogP contribution in [-0.4, -0.2) is 15.9 Å². The lowest BCUT2D eigenvalue weighted by Gasteiger charge is -2.10. The molecular weight excluding hydrogens is 214 g/mol. The van der Waals surface area contributed by atoms with Gasteiger partial charge in [-0.05, 0) is 12.8 Å². The molecule has 0 atom stereocenters. The van der Waals surface area contributed by atoms with Crippen LogP contribution in [0, 0.1) is 5.92 Å². The predicted molar refractivity (Wildman–Crippen MR) is 58.5 cm³/mol. The molecule has 0 saturated carbocycles. The van der Waals surface area contributed by atoms with Gasteiger partial charge in [0.05, 0.1) is 5.51 Å². The summed E-state index contributed by atoms with van der Waals surface area (Å²) < 4.78 is -0.417. The number of hydrogen-bond donors (Lipinski definition) is 1. The van der Waals surface area contributed by atoms with Crippen molar-refractivity contribution in [2.45, 2.75) is 26.7 Å². The lowest BCUT2D eigenvalue weighted by molar-refractivity contribution is 0.0909. The number of nitrogens with zero attached hydrogens (tertiary/aromatic N) is 1. The maximum absolute atomic E-state index is 11.9. The highest BCUT2D eigenvalue weighted by Gasteiger charge is 2.23. The number of carbonyl (C=O) groups is 1. The molecule has 0 fully saturated rings. The normalized spacial score (nSPS) is 10.6. The summed E-state index contributed by atoms with van der Waals surface area (Å²) in [6, 6.07) is 0. The van der Waals surface area contributed by atoms with Gasteiger partial charge in [-0.25, -0.2) is 4.98 Å². The zero-order valence-electron chi connectivity index (χ0n) is 8.69. The number of aromatic nitrogens is 1. The largest absolute Gasteiger partial charge is 0.493 e. The Bertz CT molecular complexity index is 409. The lowest BCUT2D eigenvalue weighted by atomic mass is 9.94.